The summed E-state index contributed by atoms with van der Waals surface area (Å²) in [5.41, 5.74) is 6.30. The van der Waals surface area contributed by atoms with Gasteiger partial charge in [-0.1, -0.05) is 0 Å². The van der Waals surface area contributed by atoms with Gasteiger partial charge in [0.05, 0.1) is 0 Å². The van der Waals surface area contributed by atoms with Crippen LogP contribution in [0.5, 0.6) is 11.5 Å². The average Bonchev–Trinajstić information content (AvgIpc) is 2.72. The van der Waals surface area contributed by atoms with Crippen molar-refractivity contribution in [1.82, 2.24) is 4.90 Å². The van der Waals surface area contributed by atoms with E-state index in [4.69, 9.17) is 15.2 Å². The number of likely N-dealkylation sites (tertiary alicyclic amines) is 1. The quantitative estimate of drug-likeness (QED) is 0.875. The minimum atomic E-state index is -0.603. The Hall–Kier alpha value is -2.11. The van der Waals surface area contributed by atoms with Crippen LogP contribution in [0, 0.1) is 0 Å². The molecule has 0 spiro atoms. The Morgan fingerprint density at radius 1 is 1.29 bits per heavy atom. The van der Waals surface area contributed by atoms with Crippen molar-refractivity contribution < 1.29 is 14.3 Å². The zero-order chi connectivity index (χ0) is 15.0. The first kappa shape index (κ1) is 13.9. The van der Waals surface area contributed by atoms with E-state index in [1.165, 1.54) is 0 Å². The van der Waals surface area contributed by atoms with Crippen molar-refractivity contribution in [3.8, 4) is 11.5 Å². The number of benzene rings is 1. The van der Waals surface area contributed by atoms with Crippen LogP contribution in [0.15, 0.2) is 18.2 Å². The molecule has 0 unspecified atom stereocenters. The number of hydrogen-bond donors (Lipinski definition) is 2. The summed E-state index contributed by atoms with van der Waals surface area (Å²) in [4.78, 5) is 12.8. The molecule has 2 aliphatic rings. The number of nitrogens with one attached hydrogen (secondary N) is 1. The third kappa shape index (κ3) is 2.99. The normalized spacial score (nSPS) is 20.4. The highest BCUT2D eigenvalue weighted by Gasteiger charge is 2.31. The summed E-state index contributed by atoms with van der Waals surface area (Å²) < 4.78 is 11.4. The molecule has 0 radical (unpaired) electrons. The first-order chi connectivity index (χ1) is 9.93. The van der Waals surface area contributed by atoms with Crippen LogP contribution in [0.1, 0.15) is 26.7 Å². The van der Waals surface area contributed by atoms with Crippen LogP contribution in [-0.2, 0) is 0 Å². The number of anilines is 1. The van der Waals surface area contributed by atoms with Gasteiger partial charge in [-0.2, -0.15) is 0 Å². The minimum absolute atomic E-state index is 0.334. The predicted molar refractivity (Wildman–Crippen MR) is 79.6 cm³/mol. The van der Waals surface area contributed by atoms with Crippen molar-refractivity contribution in [2.24, 2.45) is 5.73 Å². The maximum Gasteiger partial charge on any atom is 0.314 e. The van der Waals surface area contributed by atoms with Gasteiger partial charge in [-0.05, 0) is 25.0 Å². The molecule has 3 rings (SSSR count). The maximum atomic E-state index is 11.1. The van der Waals surface area contributed by atoms with Gasteiger partial charge in [0, 0.05) is 44.7 Å². The third-order valence-corrected chi connectivity index (χ3v) is 3.83. The van der Waals surface area contributed by atoms with E-state index < -0.39 is 5.79 Å². The van der Waals surface area contributed by atoms with E-state index in [0.29, 0.717) is 19.1 Å². The molecule has 0 aromatic heterocycles. The molecule has 1 aromatic carbocycles. The van der Waals surface area contributed by atoms with Gasteiger partial charge in [0.15, 0.2) is 11.5 Å². The maximum absolute atomic E-state index is 11.1. The van der Waals surface area contributed by atoms with Gasteiger partial charge in [0.25, 0.3) is 0 Å². The number of primary amides is 1. The smallest absolute Gasteiger partial charge is 0.314 e. The number of nitrogens with zero attached hydrogens (tertiary/aromatic N) is 1. The van der Waals surface area contributed by atoms with Crippen LogP contribution in [0.25, 0.3) is 0 Å². The lowest BCUT2D eigenvalue weighted by Crippen LogP contribution is -2.44. The summed E-state index contributed by atoms with van der Waals surface area (Å²) in [6, 6.07) is 5.88. The van der Waals surface area contributed by atoms with Gasteiger partial charge in [0.1, 0.15) is 0 Å². The van der Waals surface area contributed by atoms with Gasteiger partial charge >= 0.3 is 6.03 Å². The summed E-state index contributed by atoms with van der Waals surface area (Å²) in [5, 5.41) is 3.48. The Morgan fingerprint density at radius 3 is 2.62 bits per heavy atom. The van der Waals surface area contributed by atoms with Crippen molar-refractivity contribution in [2.75, 3.05) is 18.4 Å². The molecule has 21 heavy (non-hydrogen) atoms. The van der Waals surface area contributed by atoms with Crippen molar-refractivity contribution in [3.05, 3.63) is 18.2 Å². The Kier molecular flexibility index (Phi) is 3.31. The fraction of sp³-hybridized carbons (Fsp3) is 0.533. The first-order valence-corrected chi connectivity index (χ1v) is 7.26. The summed E-state index contributed by atoms with van der Waals surface area (Å²) in [6.07, 6.45) is 1.78. The van der Waals surface area contributed by atoms with E-state index in [1.807, 2.05) is 32.0 Å². The SMILES string of the molecule is CC1(C)Oc2ccc(NC3CCN(C(N)=O)CC3)cc2O1. The number of carbonyl (C=O) groups excluding carboxylic acids is 1. The summed E-state index contributed by atoms with van der Waals surface area (Å²) in [5.74, 6) is 0.932. The monoisotopic (exact) mass is 291 g/mol. The van der Waals surface area contributed by atoms with Gasteiger partial charge < -0.3 is 25.4 Å². The number of piperidine rings is 1. The molecule has 0 saturated carbocycles. The van der Waals surface area contributed by atoms with E-state index in [0.717, 1.165) is 30.0 Å². The number of urea groups is 1. The molecular formula is C15H21N3O3. The van der Waals surface area contributed by atoms with Crippen molar-refractivity contribution in [1.29, 1.82) is 0 Å². The molecule has 1 saturated heterocycles. The Labute approximate surface area is 124 Å². The number of amides is 2. The molecule has 114 valence electrons. The van der Waals surface area contributed by atoms with Gasteiger partial charge in [-0.25, -0.2) is 4.79 Å². The second kappa shape index (κ2) is 5.02. The predicted octanol–water partition coefficient (Wildman–Crippen LogP) is 2.15. The van der Waals surface area contributed by atoms with Crippen LogP contribution < -0.4 is 20.5 Å². The number of carbonyl (C=O) groups is 1. The number of ether oxygens (including phenoxy) is 2. The van der Waals surface area contributed by atoms with E-state index in [2.05, 4.69) is 5.32 Å². The van der Waals surface area contributed by atoms with E-state index in [1.54, 1.807) is 4.90 Å². The van der Waals surface area contributed by atoms with Crippen LogP contribution >= 0.6 is 0 Å². The highest BCUT2D eigenvalue weighted by atomic mass is 16.7. The van der Waals surface area contributed by atoms with Crippen LogP contribution in [0.3, 0.4) is 0 Å². The zero-order valence-electron chi connectivity index (χ0n) is 12.4. The molecule has 6 nitrogen and oxygen atoms in total. The molecular weight excluding hydrogens is 270 g/mol. The van der Waals surface area contributed by atoms with Crippen molar-refractivity contribution >= 4 is 11.7 Å². The first-order valence-electron chi connectivity index (χ1n) is 7.26. The van der Waals surface area contributed by atoms with E-state index in [9.17, 15) is 4.79 Å². The van der Waals surface area contributed by atoms with Crippen molar-refractivity contribution in [3.63, 3.8) is 0 Å². The summed E-state index contributed by atoms with van der Waals surface area (Å²) >= 11 is 0. The molecule has 3 N–H and O–H groups in total. The summed E-state index contributed by atoms with van der Waals surface area (Å²) in [7, 11) is 0. The molecule has 1 fully saturated rings. The summed E-state index contributed by atoms with van der Waals surface area (Å²) in [6.45, 7) is 5.18. The molecule has 0 atom stereocenters. The fourth-order valence-corrected chi connectivity index (χ4v) is 2.79. The topological polar surface area (TPSA) is 76.8 Å². The average molecular weight is 291 g/mol. The third-order valence-electron chi connectivity index (χ3n) is 3.83. The Balaban J connectivity index is 1.61. The highest BCUT2D eigenvalue weighted by Crippen LogP contribution is 2.40. The lowest BCUT2D eigenvalue weighted by molar-refractivity contribution is -0.0431. The lowest BCUT2D eigenvalue weighted by Gasteiger charge is -2.31. The van der Waals surface area contributed by atoms with Crippen LogP contribution in [-0.4, -0.2) is 35.8 Å². The molecule has 0 aliphatic carbocycles. The van der Waals surface area contributed by atoms with E-state index >= 15 is 0 Å². The van der Waals surface area contributed by atoms with Crippen LogP contribution in [0.4, 0.5) is 10.5 Å². The number of nitrogens with two attached hydrogens (primary N) is 1. The standard InChI is InChI=1S/C15H21N3O3/c1-15(2)20-12-4-3-11(9-13(12)21-15)17-10-5-7-18(8-6-10)14(16)19/h3-4,9-10,17H,5-8H2,1-2H3,(H2,16,19). The number of fused-ring (bicyclic) bond motifs is 1. The molecule has 2 amide bonds. The number of hydrogen-bond acceptors (Lipinski definition) is 4. The second-order valence-corrected chi connectivity index (χ2v) is 6.01. The Bertz CT molecular complexity index is 551. The van der Waals surface area contributed by atoms with Gasteiger partial charge in [0.2, 0.25) is 5.79 Å². The molecule has 6 heteroatoms. The van der Waals surface area contributed by atoms with Gasteiger partial charge in [-0.15, -0.1) is 0 Å². The van der Waals surface area contributed by atoms with E-state index in [-0.39, 0.29) is 6.03 Å². The number of rotatable bonds is 2. The minimum Gasteiger partial charge on any atom is -0.449 e. The largest absolute Gasteiger partial charge is 0.449 e. The fourth-order valence-electron chi connectivity index (χ4n) is 2.79. The molecule has 1 aromatic rings. The Morgan fingerprint density at radius 2 is 1.95 bits per heavy atom. The van der Waals surface area contributed by atoms with Gasteiger partial charge in [-0.3, -0.25) is 0 Å². The highest BCUT2D eigenvalue weighted by molar-refractivity contribution is 5.72. The zero-order valence-corrected chi connectivity index (χ0v) is 12.4. The van der Waals surface area contributed by atoms with Crippen molar-refractivity contribution in [2.45, 2.75) is 38.5 Å². The molecule has 2 heterocycles. The van der Waals surface area contributed by atoms with Crippen LogP contribution in [0.2, 0.25) is 0 Å². The molecule has 2 aliphatic heterocycles. The second-order valence-electron chi connectivity index (χ2n) is 6.01. The lowest BCUT2D eigenvalue weighted by atomic mass is 10.0. The molecule has 0 bridgehead atoms.